The molecule has 0 fully saturated rings. The van der Waals surface area contributed by atoms with Gasteiger partial charge in [0.2, 0.25) is 0 Å². The summed E-state index contributed by atoms with van der Waals surface area (Å²) in [5, 5.41) is 11.4. The number of benzene rings is 1. The highest BCUT2D eigenvalue weighted by Crippen LogP contribution is 2.16. The number of hydrogen-bond donors (Lipinski definition) is 2. The summed E-state index contributed by atoms with van der Waals surface area (Å²) in [6, 6.07) is 5.64. The van der Waals surface area contributed by atoms with Gasteiger partial charge in [-0.05, 0) is 19.1 Å². The molecule has 0 spiro atoms. The molecule has 94 valence electrons. The van der Waals surface area contributed by atoms with Gasteiger partial charge in [0.25, 0.3) is 5.91 Å². The average molecular weight is 245 g/mol. The van der Waals surface area contributed by atoms with Gasteiger partial charge in [-0.25, -0.2) is 4.98 Å². The first-order valence-electron chi connectivity index (χ1n) is 5.70. The molecule has 0 aliphatic carbocycles. The summed E-state index contributed by atoms with van der Waals surface area (Å²) >= 11 is 0. The molecule has 1 amide bonds. The Bertz CT molecular complexity index is 535. The Morgan fingerprint density at radius 2 is 2.33 bits per heavy atom. The zero-order valence-corrected chi connectivity index (χ0v) is 10.1. The summed E-state index contributed by atoms with van der Waals surface area (Å²) in [7, 11) is 0. The van der Waals surface area contributed by atoms with E-state index >= 15 is 0 Å². The minimum atomic E-state index is -0.198. The molecule has 0 radical (unpaired) electrons. The van der Waals surface area contributed by atoms with Crippen molar-refractivity contribution in [2.24, 2.45) is 0 Å². The normalized spacial score (nSPS) is 10.3. The quantitative estimate of drug-likeness (QED) is 0.841. The molecule has 0 saturated heterocycles. The van der Waals surface area contributed by atoms with Gasteiger partial charge in [-0.1, -0.05) is 11.6 Å². The molecule has 0 unspecified atom stereocenters. The molecule has 18 heavy (non-hydrogen) atoms. The lowest BCUT2D eigenvalue weighted by Gasteiger charge is -2.11. The summed E-state index contributed by atoms with van der Waals surface area (Å²) < 4.78 is 1.79. The van der Waals surface area contributed by atoms with Crippen LogP contribution in [0.5, 0.6) is 0 Å². The van der Waals surface area contributed by atoms with Crippen LogP contribution in [0.2, 0.25) is 0 Å². The highest BCUT2D eigenvalue weighted by molar-refractivity contribution is 5.98. The number of aliphatic hydroxyl groups excluding tert-OH is 1. The number of nitrogens with one attached hydrogen (secondary N) is 1. The molecule has 1 aromatic carbocycles. The summed E-state index contributed by atoms with van der Waals surface area (Å²) in [5.74, 6) is -0.198. The van der Waals surface area contributed by atoms with E-state index in [2.05, 4.69) is 10.3 Å². The van der Waals surface area contributed by atoms with Crippen LogP contribution < -0.4 is 5.32 Å². The fraction of sp³-hybridized carbons (Fsp3) is 0.231. The third-order valence-corrected chi connectivity index (χ3v) is 2.58. The highest BCUT2D eigenvalue weighted by Gasteiger charge is 2.12. The first-order chi connectivity index (χ1) is 8.72. The van der Waals surface area contributed by atoms with E-state index in [0.29, 0.717) is 5.56 Å². The molecule has 0 aliphatic heterocycles. The first-order valence-corrected chi connectivity index (χ1v) is 5.70. The predicted octanol–water partition coefficient (Wildman–Crippen LogP) is 0.903. The SMILES string of the molecule is Cc1ccc(-n2ccnc2)c(C(=O)NCCO)c1. The number of rotatable bonds is 4. The second kappa shape index (κ2) is 5.46. The molecule has 0 saturated carbocycles. The Balaban J connectivity index is 2.38. The molecule has 2 N–H and O–H groups in total. The van der Waals surface area contributed by atoms with Gasteiger partial charge in [-0.3, -0.25) is 4.79 Å². The molecular formula is C13H15N3O2. The number of carbonyl (C=O) groups is 1. The monoisotopic (exact) mass is 245 g/mol. The van der Waals surface area contributed by atoms with E-state index in [1.807, 2.05) is 25.1 Å². The van der Waals surface area contributed by atoms with Gasteiger partial charge in [0.1, 0.15) is 0 Å². The Hall–Kier alpha value is -2.14. The van der Waals surface area contributed by atoms with E-state index in [0.717, 1.165) is 11.3 Å². The van der Waals surface area contributed by atoms with Crippen molar-refractivity contribution in [2.75, 3.05) is 13.2 Å². The Labute approximate surface area is 105 Å². The molecule has 5 heteroatoms. The van der Waals surface area contributed by atoms with Crippen LogP contribution in [-0.2, 0) is 0 Å². The summed E-state index contributed by atoms with van der Waals surface area (Å²) in [6.07, 6.45) is 5.09. The van der Waals surface area contributed by atoms with Crippen molar-refractivity contribution < 1.29 is 9.90 Å². The van der Waals surface area contributed by atoms with E-state index < -0.39 is 0 Å². The minimum absolute atomic E-state index is 0.0715. The van der Waals surface area contributed by atoms with Crippen molar-refractivity contribution in [2.45, 2.75) is 6.92 Å². The lowest BCUT2D eigenvalue weighted by atomic mass is 10.1. The largest absolute Gasteiger partial charge is 0.395 e. The van der Waals surface area contributed by atoms with Crippen LogP contribution >= 0.6 is 0 Å². The van der Waals surface area contributed by atoms with Crippen molar-refractivity contribution in [3.05, 3.63) is 48.0 Å². The van der Waals surface area contributed by atoms with Crippen molar-refractivity contribution in [3.8, 4) is 5.69 Å². The maximum absolute atomic E-state index is 12.0. The first kappa shape index (κ1) is 12.3. The lowest BCUT2D eigenvalue weighted by Crippen LogP contribution is -2.27. The molecule has 2 rings (SSSR count). The average Bonchev–Trinajstić information content (AvgIpc) is 2.89. The second-order valence-electron chi connectivity index (χ2n) is 3.97. The van der Waals surface area contributed by atoms with Gasteiger partial charge in [-0.15, -0.1) is 0 Å². The maximum atomic E-state index is 12.0. The predicted molar refractivity (Wildman–Crippen MR) is 67.7 cm³/mol. The maximum Gasteiger partial charge on any atom is 0.253 e. The Morgan fingerprint density at radius 1 is 1.50 bits per heavy atom. The van der Waals surface area contributed by atoms with Crippen molar-refractivity contribution in [3.63, 3.8) is 0 Å². The van der Waals surface area contributed by atoms with Gasteiger partial charge >= 0.3 is 0 Å². The number of carbonyl (C=O) groups excluding carboxylic acids is 1. The molecule has 0 aliphatic rings. The third kappa shape index (κ3) is 2.57. The molecular weight excluding hydrogens is 230 g/mol. The van der Waals surface area contributed by atoms with Gasteiger partial charge in [0.15, 0.2) is 0 Å². The van der Waals surface area contributed by atoms with Crippen LogP contribution in [0.15, 0.2) is 36.9 Å². The van der Waals surface area contributed by atoms with Gasteiger partial charge in [-0.2, -0.15) is 0 Å². The van der Waals surface area contributed by atoms with E-state index in [4.69, 9.17) is 5.11 Å². The summed E-state index contributed by atoms with van der Waals surface area (Å²) in [5.41, 5.74) is 2.35. The Morgan fingerprint density at radius 3 is 3.00 bits per heavy atom. The fourth-order valence-corrected chi connectivity index (χ4v) is 1.72. The lowest BCUT2D eigenvalue weighted by molar-refractivity contribution is 0.0944. The van der Waals surface area contributed by atoms with Gasteiger partial charge in [0, 0.05) is 18.9 Å². The zero-order chi connectivity index (χ0) is 13.0. The molecule has 5 nitrogen and oxygen atoms in total. The second-order valence-corrected chi connectivity index (χ2v) is 3.97. The van der Waals surface area contributed by atoms with Crippen molar-refractivity contribution >= 4 is 5.91 Å². The highest BCUT2D eigenvalue weighted by atomic mass is 16.3. The molecule has 1 heterocycles. The van der Waals surface area contributed by atoms with Crippen LogP contribution in [0.25, 0.3) is 5.69 Å². The van der Waals surface area contributed by atoms with Crippen molar-refractivity contribution in [1.29, 1.82) is 0 Å². The van der Waals surface area contributed by atoms with E-state index in [1.165, 1.54) is 0 Å². The number of nitrogens with zero attached hydrogens (tertiary/aromatic N) is 2. The van der Waals surface area contributed by atoms with Crippen LogP contribution in [0.3, 0.4) is 0 Å². The molecule has 2 aromatic rings. The van der Waals surface area contributed by atoms with Crippen LogP contribution in [0.1, 0.15) is 15.9 Å². The summed E-state index contributed by atoms with van der Waals surface area (Å²) in [4.78, 5) is 16.0. The van der Waals surface area contributed by atoms with Gasteiger partial charge < -0.3 is 15.0 Å². The fourth-order valence-electron chi connectivity index (χ4n) is 1.72. The molecule has 0 atom stereocenters. The number of aliphatic hydroxyl groups is 1. The third-order valence-electron chi connectivity index (χ3n) is 2.58. The van der Waals surface area contributed by atoms with Gasteiger partial charge in [0.05, 0.1) is 24.2 Å². The van der Waals surface area contributed by atoms with E-state index in [1.54, 1.807) is 23.3 Å². The molecule has 0 bridgehead atoms. The number of hydrogen-bond acceptors (Lipinski definition) is 3. The zero-order valence-electron chi connectivity index (χ0n) is 10.1. The standard InChI is InChI=1S/C13H15N3O2/c1-10-2-3-12(16-6-4-14-9-16)11(8-10)13(18)15-5-7-17/h2-4,6,8-9,17H,5,7H2,1H3,(H,15,18). The minimum Gasteiger partial charge on any atom is -0.395 e. The number of aromatic nitrogens is 2. The topological polar surface area (TPSA) is 67.2 Å². The van der Waals surface area contributed by atoms with Crippen LogP contribution in [0, 0.1) is 6.92 Å². The molecule has 1 aromatic heterocycles. The van der Waals surface area contributed by atoms with E-state index in [-0.39, 0.29) is 19.1 Å². The number of amides is 1. The van der Waals surface area contributed by atoms with Crippen LogP contribution in [-0.4, -0.2) is 33.7 Å². The number of aryl methyl sites for hydroxylation is 1. The van der Waals surface area contributed by atoms with Crippen LogP contribution in [0.4, 0.5) is 0 Å². The van der Waals surface area contributed by atoms with E-state index in [9.17, 15) is 4.79 Å². The van der Waals surface area contributed by atoms with Crippen molar-refractivity contribution in [1.82, 2.24) is 14.9 Å². The smallest absolute Gasteiger partial charge is 0.253 e. The summed E-state index contributed by atoms with van der Waals surface area (Å²) in [6.45, 7) is 2.11. The Kier molecular flexibility index (Phi) is 3.74. The number of imidazole rings is 1.